The van der Waals surface area contributed by atoms with Crippen molar-refractivity contribution in [1.29, 1.82) is 0 Å². The lowest BCUT2D eigenvalue weighted by atomic mass is 10.1. The van der Waals surface area contributed by atoms with Crippen LogP contribution < -0.4 is 25.5 Å². The summed E-state index contributed by atoms with van der Waals surface area (Å²) in [6.45, 7) is 4.23. The topological polar surface area (TPSA) is 135 Å². The van der Waals surface area contributed by atoms with Gasteiger partial charge in [0.1, 0.15) is 11.5 Å². The van der Waals surface area contributed by atoms with E-state index in [-0.39, 0.29) is 11.3 Å². The summed E-state index contributed by atoms with van der Waals surface area (Å²) in [6.07, 6.45) is 1.33. The summed E-state index contributed by atoms with van der Waals surface area (Å²) < 4.78 is 10.8. The molecule has 0 aromatic heterocycles. The molecule has 212 valence electrons. The van der Waals surface area contributed by atoms with Gasteiger partial charge in [-0.1, -0.05) is 30.3 Å². The maximum atomic E-state index is 12.9. The number of esters is 1. The number of carbonyl (C=O) groups excluding carboxylic acids is 4. The van der Waals surface area contributed by atoms with Crippen LogP contribution in [0.25, 0.3) is 0 Å². The second kappa shape index (κ2) is 14.0. The Labute approximate surface area is 242 Å². The highest BCUT2D eigenvalue weighted by molar-refractivity contribution is 6.40. The summed E-state index contributed by atoms with van der Waals surface area (Å²) in [5, 5.41) is 9.00. The molecule has 0 unspecified atom stereocenters. The van der Waals surface area contributed by atoms with Crippen LogP contribution >= 0.6 is 0 Å². The fourth-order valence-corrected chi connectivity index (χ4v) is 3.77. The van der Waals surface area contributed by atoms with Crippen molar-refractivity contribution in [2.45, 2.75) is 13.8 Å². The first-order valence-corrected chi connectivity index (χ1v) is 13.0. The molecule has 4 aromatic rings. The molecular weight excluding hydrogens is 536 g/mol. The minimum absolute atomic E-state index is 0.154. The quantitative estimate of drug-likeness (QED) is 0.0865. The Bertz CT molecular complexity index is 1620. The van der Waals surface area contributed by atoms with Crippen molar-refractivity contribution in [2.75, 3.05) is 17.2 Å². The molecule has 0 spiro atoms. The van der Waals surface area contributed by atoms with Crippen LogP contribution in [0.1, 0.15) is 38.8 Å². The molecule has 3 N–H and O–H groups in total. The molecule has 10 heteroatoms. The van der Waals surface area contributed by atoms with E-state index in [1.165, 1.54) is 18.3 Å². The summed E-state index contributed by atoms with van der Waals surface area (Å²) in [7, 11) is 0. The number of nitrogens with zero attached hydrogens (tertiary/aromatic N) is 1. The number of hydrazone groups is 1. The summed E-state index contributed by atoms with van der Waals surface area (Å²) in [5.74, 6) is -1.96. The average molecular weight is 565 g/mol. The molecule has 0 aliphatic rings. The molecule has 4 rings (SSSR count). The predicted molar refractivity (Wildman–Crippen MR) is 159 cm³/mol. The van der Waals surface area contributed by atoms with Crippen molar-refractivity contribution < 1.29 is 28.7 Å². The molecular formula is C32H28N4O6. The number of hydrogen-bond acceptors (Lipinski definition) is 7. The number of amides is 3. The fourth-order valence-electron chi connectivity index (χ4n) is 3.77. The van der Waals surface area contributed by atoms with Gasteiger partial charge >= 0.3 is 17.8 Å². The van der Waals surface area contributed by atoms with E-state index < -0.39 is 23.7 Å². The van der Waals surface area contributed by atoms with Crippen molar-refractivity contribution in [1.82, 2.24) is 5.43 Å². The van der Waals surface area contributed by atoms with Crippen molar-refractivity contribution in [3.63, 3.8) is 0 Å². The molecule has 0 aliphatic heterocycles. The molecule has 0 radical (unpaired) electrons. The van der Waals surface area contributed by atoms with Gasteiger partial charge in [0.2, 0.25) is 0 Å². The first-order valence-electron chi connectivity index (χ1n) is 13.0. The normalized spacial score (nSPS) is 10.5. The highest BCUT2D eigenvalue weighted by Gasteiger charge is 2.18. The number of para-hydroxylation sites is 1. The Hall–Kier alpha value is -5.77. The smallest absolute Gasteiger partial charge is 0.343 e. The molecule has 0 saturated heterocycles. The monoisotopic (exact) mass is 564 g/mol. The Morgan fingerprint density at radius 1 is 0.738 bits per heavy atom. The third-order valence-corrected chi connectivity index (χ3v) is 5.88. The molecule has 42 heavy (non-hydrogen) atoms. The zero-order valence-electron chi connectivity index (χ0n) is 22.9. The van der Waals surface area contributed by atoms with E-state index in [0.717, 1.165) is 5.56 Å². The van der Waals surface area contributed by atoms with Gasteiger partial charge in [0.15, 0.2) is 0 Å². The molecule has 4 aromatic carbocycles. The Kier molecular flexibility index (Phi) is 9.76. The number of hydrogen-bond donors (Lipinski definition) is 3. The highest BCUT2D eigenvalue weighted by Crippen LogP contribution is 2.20. The minimum atomic E-state index is -1.03. The van der Waals surface area contributed by atoms with Crippen molar-refractivity contribution >= 4 is 41.3 Å². The standard InChI is InChI=1S/C32H28N4O6/c1-3-41-24-18-14-23(15-19-24)34-29(37)27-10-6-7-11-28(27)35-30(38)31(39)36-33-20-22-12-16-25(17-13-22)42-32(40)26-9-5-4-8-21(26)2/h4-20H,3H2,1-2H3,(H,34,37)(H,35,38)(H,36,39)/b33-20-. The highest BCUT2D eigenvalue weighted by atomic mass is 16.5. The van der Waals surface area contributed by atoms with E-state index in [1.807, 2.05) is 26.0 Å². The Morgan fingerprint density at radius 3 is 2.07 bits per heavy atom. The van der Waals surface area contributed by atoms with Crippen LogP contribution in [0.2, 0.25) is 0 Å². The van der Waals surface area contributed by atoms with E-state index in [9.17, 15) is 19.2 Å². The predicted octanol–water partition coefficient (Wildman–Crippen LogP) is 4.95. The summed E-state index contributed by atoms with van der Waals surface area (Å²) in [6, 6.07) is 26.7. The lowest BCUT2D eigenvalue weighted by Gasteiger charge is -2.11. The molecule has 0 atom stereocenters. The van der Waals surface area contributed by atoms with Gasteiger partial charge in [0, 0.05) is 5.69 Å². The van der Waals surface area contributed by atoms with Gasteiger partial charge in [-0.3, -0.25) is 14.4 Å². The summed E-state index contributed by atoms with van der Waals surface area (Å²) in [5.41, 5.74) is 4.87. The van der Waals surface area contributed by atoms with Crippen LogP contribution in [-0.4, -0.2) is 36.5 Å². The second-order valence-corrected chi connectivity index (χ2v) is 8.88. The third-order valence-electron chi connectivity index (χ3n) is 5.88. The van der Waals surface area contributed by atoms with Crippen molar-refractivity contribution in [2.24, 2.45) is 5.10 Å². The lowest BCUT2D eigenvalue weighted by molar-refractivity contribution is -0.136. The maximum absolute atomic E-state index is 12.9. The van der Waals surface area contributed by atoms with Crippen molar-refractivity contribution in [3.05, 3.63) is 119 Å². The Balaban J connectivity index is 1.30. The zero-order valence-corrected chi connectivity index (χ0v) is 22.9. The molecule has 0 fully saturated rings. The van der Waals surface area contributed by atoms with E-state index >= 15 is 0 Å². The average Bonchev–Trinajstić information content (AvgIpc) is 2.99. The van der Waals surface area contributed by atoms with Gasteiger partial charge < -0.3 is 20.1 Å². The van der Waals surface area contributed by atoms with Gasteiger partial charge in [-0.05, 0) is 91.7 Å². The van der Waals surface area contributed by atoms with Crippen LogP contribution in [0.4, 0.5) is 11.4 Å². The van der Waals surface area contributed by atoms with E-state index in [1.54, 1.807) is 72.8 Å². The second-order valence-electron chi connectivity index (χ2n) is 8.88. The summed E-state index contributed by atoms with van der Waals surface area (Å²) in [4.78, 5) is 50.0. The molecule has 0 aliphatic carbocycles. The van der Waals surface area contributed by atoms with E-state index in [4.69, 9.17) is 9.47 Å². The molecule has 0 bridgehead atoms. The summed E-state index contributed by atoms with van der Waals surface area (Å²) >= 11 is 0. The van der Waals surface area contributed by atoms with Crippen LogP contribution in [0.5, 0.6) is 11.5 Å². The van der Waals surface area contributed by atoms with Gasteiger partial charge in [-0.2, -0.15) is 5.10 Å². The van der Waals surface area contributed by atoms with E-state index in [2.05, 4.69) is 21.2 Å². The number of carbonyl (C=O) groups is 4. The molecule has 0 heterocycles. The molecule has 10 nitrogen and oxygen atoms in total. The van der Waals surface area contributed by atoms with Gasteiger partial charge in [0.25, 0.3) is 5.91 Å². The van der Waals surface area contributed by atoms with Gasteiger partial charge in [0.05, 0.1) is 29.6 Å². The molecule has 0 saturated carbocycles. The fraction of sp³-hybridized carbons (Fsp3) is 0.0938. The van der Waals surface area contributed by atoms with Crippen LogP contribution in [0.3, 0.4) is 0 Å². The first-order chi connectivity index (χ1) is 20.3. The van der Waals surface area contributed by atoms with Crippen molar-refractivity contribution in [3.8, 4) is 11.5 Å². The van der Waals surface area contributed by atoms with Crippen LogP contribution in [-0.2, 0) is 9.59 Å². The largest absolute Gasteiger partial charge is 0.494 e. The third kappa shape index (κ3) is 7.89. The van der Waals surface area contributed by atoms with E-state index in [0.29, 0.717) is 34.9 Å². The lowest BCUT2D eigenvalue weighted by Crippen LogP contribution is -2.33. The number of nitrogens with one attached hydrogen (secondary N) is 3. The molecule has 3 amide bonds. The number of benzene rings is 4. The Morgan fingerprint density at radius 2 is 1.38 bits per heavy atom. The number of anilines is 2. The number of ether oxygens (including phenoxy) is 2. The van der Waals surface area contributed by atoms with Crippen LogP contribution in [0, 0.1) is 6.92 Å². The van der Waals surface area contributed by atoms with Gasteiger partial charge in [-0.25, -0.2) is 10.2 Å². The first kappa shape index (κ1) is 29.2. The van der Waals surface area contributed by atoms with Gasteiger partial charge in [-0.15, -0.1) is 0 Å². The maximum Gasteiger partial charge on any atom is 0.343 e. The number of rotatable bonds is 9. The zero-order chi connectivity index (χ0) is 29.9. The SMILES string of the molecule is CCOc1ccc(NC(=O)c2ccccc2NC(=O)C(=O)N/N=C\c2ccc(OC(=O)c3ccccc3C)cc2)cc1. The number of aryl methyl sites for hydroxylation is 1. The minimum Gasteiger partial charge on any atom is -0.494 e. The van der Waals surface area contributed by atoms with Crippen LogP contribution in [0.15, 0.2) is 102 Å².